The van der Waals surface area contributed by atoms with Crippen LogP contribution in [0.5, 0.6) is 0 Å². The van der Waals surface area contributed by atoms with E-state index >= 15 is 0 Å². The van der Waals surface area contributed by atoms with Gasteiger partial charge in [0.05, 0.1) is 6.42 Å². The average Bonchev–Trinajstić information content (AvgIpc) is 2.20. The fraction of sp³-hybridized carbons (Fsp3) is 0.250. The molecule has 0 bridgehead atoms. The van der Waals surface area contributed by atoms with Gasteiger partial charge in [-0.25, -0.2) is 18.1 Å². The number of sulfonamides is 1. The molecule has 9 heteroatoms. The SMILES string of the molecule is O=C(O)CCNS(=O)(=O)c1cc(Br)cnc1Cl. The molecule has 1 rings (SSSR count). The Hall–Kier alpha value is -0.700. The highest BCUT2D eigenvalue weighted by atomic mass is 79.9. The van der Waals surface area contributed by atoms with E-state index in [2.05, 4.69) is 25.6 Å². The van der Waals surface area contributed by atoms with E-state index in [9.17, 15) is 13.2 Å². The number of halogens is 2. The maximum atomic E-state index is 11.7. The first-order valence-corrected chi connectivity index (χ1v) is 7.01. The number of aromatic nitrogens is 1. The molecule has 0 aromatic carbocycles. The first kappa shape index (κ1) is 14.4. The molecule has 0 amide bonds. The van der Waals surface area contributed by atoms with Gasteiger partial charge in [-0.3, -0.25) is 4.79 Å². The molecular formula is C8H8BrClN2O4S. The molecule has 6 nitrogen and oxygen atoms in total. The number of rotatable bonds is 5. The number of hydrogen-bond donors (Lipinski definition) is 2. The van der Waals surface area contributed by atoms with E-state index in [-0.39, 0.29) is 23.0 Å². The minimum absolute atomic E-state index is 0.170. The van der Waals surface area contributed by atoms with Crippen molar-refractivity contribution in [1.29, 1.82) is 0 Å². The van der Waals surface area contributed by atoms with Crippen molar-refractivity contribution in [3.8, 4) is 0 Å². The second-order valence-corrected chi connectivity index (χ2v) is 5.99. The van der Waals surface area contributed by atoms with E-state index in [1.807, 2.05) is 0 Å². The van der Waals surface area contributed by atoms with Gasteiger partial charge in [-0.1, -0.05) is 11.6 Å². The lowest BCUT2D eigenvalue weighted by Crippen LogP contribution is -2.26. The highest BCUT2D eigenvalue weighted by Crippen LogP contribution is 2.22. The average molecular weight is 344 g/mol. The van der Waals surface area contributed by atoms with Crippen molar-refractivity contribution in [1.82, 2.24) is 9.71 Å². The van der Waals surface area contributed by atoms with Crippen molar-refractivity contribution in [2.24, 2.45) is 0 Å². The van der Waals surface area contributed by atoms with Crippen LogP contribution in [0.4, 0.5) is 0 Å². The summed E-state index contributed by atoms with van der Waals surface area (Å²) >= 11 is 8.73. The molecule has 94 valence electrons. The van der Waals surface area contributed by atoms with Crippen molar-refractivity contribution < 1.29 is 18.3 Å². The van der Waals surface area contributed by atoms with Gasteiger partial charge in [-0.2, -0.15) is 0 Å². The quantitative estimate of drug-likeness (QED) is 0.784. The molecule has 1 aromatic heterocycles. The molecule has 0 aliphatic carbocycles. The second-order valence-electron chi connectivity index (χ2n) is 2.98. The number of nitrogens with one attached hydrogen (secondary N) is 1. The standard InChI is InChI=1S/C8H8BrClN2O4S/c9-5-3-6(8(10)11-4-5)17(15,16)12-2-1-7(13)14/h3-4,12H,1-2H2,(H,13,14). The van der Waals surface area contributed by atoms with Crippen LogP contribution >= 0.6 is 27.5 Å². The zero-order valence-electron chi connectivity index (χ0n) is 8.35. The number of aliphatic carboxylic acids is 1. The van der Waals surface area contributed by atoms with Crippen LogP contribution in [-0.4, -0.2) is 31.0 Å². The first-order valence-electron chi connectivity index (χ1n) is 4.35. The Labute approximate surface area is 111 Å². The van der Waals surface area contributed by atoms with Gasteiger partial charge in [0.15, 0.2) is 0 Å². The lowest BCUT2D eigenvalue weighted by molar-refractivity contribution is -0.136. The molecule has 0 saturated carbocycles. The van der Waals surface area contributed by atoms with Crippen molar-refractivity contribution >= 4 is 43.5 Å². The predicted octanol–water partition coefficient (Wildman–Crippen LogP) is 1.25. The third kappa shape index (κ3) is 4.23. The van der Waals surface area contributed by atoms with E-state index in [1.165, 1.54) is 12.3 Å². The van der Waals surface area contributed by atoms with Crippen molar-refractivity contribution in [2.75, 3.05) is 6.54 Å². The summed E-state index contributed by atoms with van der Waals surface area (Å²) in [5, 5.41) is 8.23. The molecule has 1 aromatic rings. The molecule has 0 aliphatic heterocycles. The lowest BCUT2D eigenvalue weighted by atomic mass is 10.5. The van der Waals surface area contributed by atoms with Crippen LogP contribution in [-0.2, 0) is 14.8 Å². The van der Waals surface area contributed by atoms with E-state index in [0.29, 0.717) is 4.47 Å². The number of carbonyl (C=O) groups is 1. The van der Waals surface area contributed by atoms with Crippen molar-refractivity contribution in [2.45, 2.75) is 11.3 Å². The summed E-state index contributed by atoms with van der Waals surface area (Å²) < 4.78 is 26.1. The van der Waals surface area contributed by atoms with Gasteiger partial charge in [0.2, 0.25) is 10.0 Å². The van der Waals surface area contributed by atoms with Crippen LogP contribution in [0.3, 0.4) is 0 Å². The van der Waals surface area contributed by atoms with Crippen LogP contribution in [0.2, 0.25) is 5.15 Å². The Morgan fingerprint density at radius 1 is 1.59 bits per heavy atom. The number of nitrogens with zero attached hydrogens (tertiary/aromatic N) is 1. The number of carboxylic acids is 1. The fourth-order valence-corrected chi connectivity index (χ4v) is 2.94. The molecule has 0 fully saturated rings. The minimum Gasteiger partial charge on any atom is -0.481 e. The number of hydrogen-bond acceptors (Lipinski definition) is 4. The molecule has 0 atom stereocenters. The van der Waals surface area contributed by atoms with Gasteiger partial charge < -0.3 is 5.11 Å². The van der Waals surface area contributed by atoms with Crippen LogP contribution in [0.25, 0.3) is 0 Å². The van der Waals surface area contributed by atoms with Gasteiger partial charge in [0.25, 0.3) is 0 Å². The Kier molecular flexibility index (Phi) is 4.87. The van der Waals surface area contributed by atoms with Crippen LogP contribution in [0, 0.1) is 0 Å². The zero-order chi connectivity index (χ0) is 13.1. The summed E-state index contributed by atoms with van der Waals surface area (Å²) in [6.07, 6.45) is 1.05. The molecule has 0 saturated heterocycles. The van der Waals surface area contributed by atoms with E-state index < -0.39 is 16.0 Å². The van der Waals surface area contributed by atoms with Gasteiger partial charge in [0, 0.05) is 17.2 Å². The summed E-state index contributed by atoms with van der Waals surface area (Å²) in [5.41, 5.74) is 0. The van der Waals surface area contributed by atoms with Gasteiger partial charge in [-0.05, 0) is 22.0 Å². The summed E-state index contributed by atoms with van der Waals surface area (Å²) in [6.45, 7) is -0.208. The van der Waals surface area contributed by atoms with Gasteiger partial charge in [0.1, 0.15) is 10.0 Å². The highest BCUT2D eigenvalue weighted by Gasteiger charge is 2.19. The smallest absolute Gasteiger partial charge is 0.304 e. The molecule has 1 heterocycles. The van der Waals surface area contributed by atoms with Crippen LogP contribution in [0.1, 0.15) is 6.42 Å². The molecule has 17 heavy (non-hydrogen) atoms. The Bertz CT molecular complexity index is 534. The monoisotopic (exact) mass is 342 g/mol. The molecule has 0 unspecified atom stereocenters. The normalized spacial score (nSPS) is 11.4. The zero-order valence-corrected chi connectivity index (χ0v) is 11.5. The van der Waals surface area contributed by atoms with Crippen LogP contribution < -0.4 is 4.72 Å². The summed E-state index contributed by atoms with van der Waals surface area (Å²) in [5.74, 6) is -1.09. The molecule has 0 aliphatic rings. The fourth-order valence-electron chi connectivity index (χ4n) is 0.963. The van der Waals surface area contributed by atoms with Gasteiger partial charge >= 0.3 is 5.97 Å². The Balaban J connectivity index is 2.89. The minimum atomic E-state index is -3.85. The summed E-state index contributed by atoms with van der Waals surface area (Å²) in [7, 11) is -3.85. The predicted molar refractivity (Wildman–Crippen MR) is 64.4 cm³/mol. The molecule has 0 spiro atoms. The topological polar surface area (TPSA) is 96.4 Å². The Morgan fingerprint density at radius 2 is 2.24 bits per heavy atom. The first-order chi connectivity index (χ1) is 7.83. The third-order valence-electron chi connectivity index (χ3n) is 1.69. The second kappa shape index (κ2) is 5.76. The van der Waals surface area contributed by atoms with E-state index in [1.54, 1.807) is 0 Å². The van der Waals surface area contributed by atoms with Crippen LogP contribution in [0.15, 0.2) is 21.6 Å². The van der Waals surface area contributed by atoms with E-state index in [0.717, 1.165) is 0 Å². The van der Waals surface area contributed by atoms with Crippen molar-refractivity contribution in [3.63, 3.8) is 0 Å². The van der Waals surface area contributed by atoms with Crippen molar-refractivity contribution in [3.05, 3.63) is 21.9 Å². The third-order valence-corrected chi connectivity index (χ3v) is 4.02. The van der Waals surface area contributed by atoms with E-state index in [4.69, 9.17) is 16.7 Å². The number of pyridine rings is 1. The largest absolute Gasteiger partial charge is 0.481 e. The van der Waals surface area contributed by atoms with Gasteiger partial charge in [-0.15, -0.1) is 0 Å². The maximum Gasteiger partial charge on any atom is 0.304 e. The highest BCUT2D eigenvalue weighted by molar-refractivity contribution is 9.10. The Morgan fingerprint density at radius 3 is 2.82 bits per heavy atom. The molecule has 2 N–H and O–H groups in total. The maximum absolute atomic E-state index is 11.7. The summed E-state index contributed by atoms with van der Waals surface area (Å²) in [4.78, 5) is 13.7. The molecular weight excluding hydrogens is 336 g/mol. The lowest BCUT2D eigenvalue weighted by Gasteiger charge is -2.06. The summed E-state index contributed by atoms with van der Waals surface area (Å²) in [6, 6.07) is 1.29. The number of carboxylic acid groups (broad SMARTS) is 1. The molecule has 0 radical (unpaired) electrons.